The summed E-state index contributed by atoms with van der Waals surface area (Å²) in [5.41, 5.74) is 0.594. The van der Waals surface area contributed by atoms with Crippen molar-refractivity contribution in [1.29, 1.82) is 5.26 Å². The van der Waals surface area contributed by atoms with Crippen molar-refractivity contribution < 1.29 is 9.47 Å². The predicted octanol–water partition coefficient (Wildman–Crippen LogP) is 2.05. The maximum Gasteiger partial charge on any atom is 0.137 e. The van der Waals surface area contributed by atoms with Crippen LogP contribution in [0, 0.1) is 11.3 Å². The van der Waals surface area contributed by atoms with Gasteiger partial charge in [0.25, 0.3) is 0 Å². The van der Waals surface area contributed by atoms with E-state index >= 15 is 0 Å². The first-order chi connectivity index (χ1) is 9.31. The lowest BCUT2D eigenvalue weighted by Crippen LogP contribution is -2.38. The summed E-state index contributed by atoms with van der Waals surface area (Å²) in [6.45, 7) is 3.18. The Labute approximate surface area is 114 Å². The van der Waals surface area contributed by atoms with E-state index in [2.05, 4.69) is 18.0 Å². The molecule has 1 saturated heterocycles. The fourth-order valence-electron chi connectivity index (χ4n) is 2.29. The first-order valence-corrected chi connectivity index (χ1v) is 6.71. The van der Waals surface area contributed by atoms with E-state index in [0.29, 0.717) is 24.0 Å². The van der Waals surface area contributed by atoms with Crippen LogP contribution in [-0.2, 0) is 4.74 Å². The topological polar surface area (TPSA) is 45.5 Å². The van der Waals surface area contributed by atoms with Gasteiger partial charge in [0.05, 0.1) is 5.56 Å². The average molecular weight is 260 g/mol. The van der Waals surface area contributed by atoms with Crippen molar-refractivity contribution in [1.82, 2.24) is 4.90 Å². The summed E-state index contributed by atoms with van der Waals surface area (Å²) < 4.78 is 11.1. The summed E-state index contributed by atoms with van der Waals surface area (Å²) >= 11 is 0. The molecule has 0 aliphatic carbocycles. The number of ether oxygens (including phenoxy) is 2. The summed E-state index contributed by atoms with van der Waals surface area (Å²) in [6, 6.07) is 10.1. The summed E-state index contributed by atoms with van der Waals surface area (Å²) in [7, 11) is 2.12. The lowest BCUT2D eigenvalue weighted by Gasteiger charge is -2.31. The maximum atomic E-state index is 8.98. The quantitative estimate of drug-likeness (QED) is 0.813. The van der Waals surface area contributed by atoms with Crippen LogP contribution < -0.4 is 4.74 Å². The van der Waals surface area contributed by atoms with Gasteiger partial charge in [-0.15, -0.1) is 0 Å². The van der Waals surface area contributed by atoms with Crippen LogP contribution in [0.4, 0.5) is 0 Å². The number of rotatable bonds is 5. The molecule has 0 atom stereocenters. The van der Waals surface area contributed by atoms with Gasteiger partial charge in [-0.1, -0.05) is 12.1 Å². The van der Waals surface area contributed by atoms with Crippen LogP contribution in [0.15, 0.2) is 24.3 Å². The smallest absolute Gasteiger partial charge is 0.137 e. The van der Waals surface area contributed by atoms with Gasteiger partial charge in [-0.2, -0.15) is 5.26 Å². The highest BCUT2D eigenvalue weighted by molar-refractivity contribution is 5.42. The van der Waals surface area contributed by atoms with Gasteiger partial charge in [0.2, 0.25) is 0 Å². The number of para-hydroxylation sites is 1. The Morgan fingerprint density at radius 1 is 1.37 bits per heavy atom. The number of nitriles is 1. The van der Waals surface area contributed by atoms with Crippen molar-refractivity contribution in [3.8, 4) is 11.8 Å². The van der Waals surface area contributed by atoms with Gasteiger partial charge in [-0.05, 0) is 32.0 Å². The zero-order chi connectivity index (χ0) is 13.5. The van der Waals surface area contributed by atoms with Gasteiger partial charge < -0.3 is 9.47 Å². The zero-order valence-corrected chi connectivity index (χ0v) is 11.3. The van der Waals surface area contributed by atoms with Crippen molar-refractivity contribution in [2.75, 3.05) is 33.4 Å². The molecule has 4 nitrogen and oxygen atoms in total. The van der Waals surface area contributed by atoms with Gasteiger partial charge in [0.1, 0.15) is 18.4 Å². The molecule has 1 aliphatic heterocycles. The predicted molar refractivity (Wildman–Crippen MR) is 73.1 cm³/mol. The Hall–Kier alpha value is -1.57. The van der Waals surface area contributed by atoms with E-state index in [1.807, 2.05) is 18.2 Å². The number of benzene rings is 1. The van der Waals surface area contributed by atoms with Crippen LogP contribution in [0.3, 0.4) is 0 Å². The van der Waals surface area contributed by atoms with Gasteiger partial charge in [0, 0.05) is 25.8 Å². The molecule has 0 bridgehead atoms. The third kappa shape index (κ3) is 3.95. The van der Waals surface area contributed by atoms with Gasteiger partial charge in [-0.3, -0.25) is 4.90 Å². The summed E-state index contributed by atoms with van der Waals surface area (Å²) in [4.78, 5) is 2.32. The highest BCUT2D eigenvalue weighted by Gasteiger charge is 2.18. The van der Waals surface area contributed by atoms with Crippen LogP contribution in [0.1, 0.15) is 18.4 Å². The number of hydrogen-bond acceptors (Lipinski definition) is 4. The van der Waals surface area contributed by atoms with Gasteiger partial charge >= 0.3 is 0 Å². The normalized spacial score (nSPS) is 16.3. The fourth-order valence-corrected chi connectivity index (χ4v) is 2.29. The first kappa shape index (κ1) is 13.9. The van der Waals surface area contributed by atoms with Gasteiger partial charge in [0.15, 0.2) is 0 Å². The molecular formula is C15H20N2O2. The second-order valence-corrected chi connectivity index (χ2v) is 4.78. The van der Waals surface area contributed by atoms with Crippen LogP contribution in [0.5, 0.6) is 5.75 Å². The van der Waals surface area contributed by atoms with Crippen molar-refractivity contribution in [3.05, 3.63) is 29.8 Å². The molecule has 0 N–H and O–H groups in total. The highest BCUT2D eigenvalue weighted by Crippen LogP contribution is 2.17. The molecule has 0 spiro atoms. The number of hydrogen-bond donors (Lipinski definition) is 0. The minimum absolute atomic E-state index is 0.587. The molecule has 4 heteroatoms. The molecule has 1 heterocycles. The van der Waals surface area contributed by atoms with Crippen molar-refractivity contribution in [2.24, 2.45) is 0 Å². The molecule has 0 radical (unpaired) electrons. The van der Waals surface area contributed by atoms with Crippen LogP contribution >= 0.6 is 0 Å². The lowest BCUT2D eigenvalue weighted by molar-refractivity contribution is 0.0392. The highest BCUT2D eigenvalue weighted by atomic mass is 16.5. The first-order valence-electron chi connectivity index (χ1n) is 6.71. The molecule has 1 fully saturated rings. The van der Waals surface area contributed by atoms with Crippen LogP contribution in [0.25, 0.3) is 0 Å². The Balaban J connectivity index is 1.78. The number of nitrogens with zero attached hydrogens (tertiary/aromatic N) is 2. The van der Waals surface area contributed by atoms with E-state index in [9.17, 15) is 0 Å². The molecule has 1 aliphatic rings. The molecule has 1 aromatic carbocycles. The van der Waals surface area contributed by atoms with E-state index in [4.69, 9.17) is 14.7 Å². The Morgan fingerprint density at radius 3 is 2.84 bits per heavy atom. The van der Waals surface area contributed by atoms with Gasteiger partial charge in [-0.25, -0.2) is 0 Å². The Morgan fingerprint density at radius 2 is 2.11 bits per heavy atom. The van der Waals surface area contributed by atoms with Crippen LogP contribution in [-0.4, -0.2) is 44.4 Å². The molecule has 0 amide bonds. The van der Waals surface area contributed by atoms with E-state index in [-0.39, 0.29) is 0 Å². The van der Waals surface area contributed by atoms with Crippen molar-refractivity contribution in [3.63, 3.8) is 0 Å². The largest absolute Gasteiger partial charge is 0.491 e. The van der Waals surface area contributed by atoms with E-state index in [0.717, 1.165) is 32.6 Å². The van der Waals surface area contributed by atoms with Crippen molar-refractivity contribution in [2.45, 2.75) is 18.9 Å². The molecule has 0 saturated carbocycles. The lowest BCUT2D eigenvalue weighted by atomic mass is 10.1. The van der Waals surface area contributed by atoms with E-state index in [1.165, 1.54) is 0 Å². The molecule has 2 rings (SSSR count). The molecule has 0 unspecified atom stereocenters. The molecule has 0 aromatic heterocycles. The molecule has 1 aromatic rings. The Kier molecular flexibility index (Phi) is 5.20. The second-order valence-electron chi connectivity index (χ2n) is 4.78. The monoisotopic (exact) mass is 260 g/mol. The van der Waals surface area contributed by atoms with Crippen LogP contribution in [0.2, 0.25) is 0 Å². The van der Waals surface area contributed by atoms with E-state index in [1.54, 1.807) is 6.07 Å². The second kappa shape index (κ2) is 7.13. The minimum atomic E-state index is 0.587. The minimum Gasteiger partial charge on any atom is -0.491 e. The third-order valence-electron chi connectivity index (χ3n) is 3.52. The zero-order valence-electron chi connectivity index (χ0n) is 11.3. The number of likely N-dealkylation sites (N-methyl/N-ethyl adjacent to an activating group) is 1. The standard InChI is InChI=1S/C15H20N2O2/c1-17(14-6-9-18-10-7-14)8-11-19-15-5-3-2-4-13(15)12-16/h2-5,14H,6-11H2,1H3. The average Bonchev–Trinajstić information content (AvgIpc) is 2.48. The SMILES string of the molecule is CN(CCOc1ccccc1C#N)C1CCOCC1. The molecular weight excluding hydrogens is 240 g/mol. The summed E-state index contributed by atoms with van der Waals surface area (Å²) in [5, 5.41) is 8.98. The third-order valence-corrected chi connectivity index (χ3v) is 3.52. The van der Waals surface area contributed by atoms with E-state index < -0.39 is 0 Å². The summed E-state index contributed by atoms with van der Waals surface area (Å²) in [6.07, 6.45) is 2.18. The Bertz CT molecular complexity index is 436. The summed E-state index contributed by atoms with van der Waals surface area (Å²) in [5.74, 6) is 0.672. The molecule has 19 heavy (non-hydrogen) atoms. The molecule has 102 valence electrons. The maximum absolute atomic E-state index is 8.98. The van der Waals surface area contributed by atoms with Crippen molar-refractivity contribution >= 4 is 0 Å². The fraction of sp³-hybridized carbons (Fsp3) is 0.533.